The van der Waals surface area contributed by atoms with Gasteiger partial charge >= 0.3 is 0 Å². The van der Waals surface area contributed by atoms with Gasteiger partial charge in [-0.05, 0) is 44.4 Å². The highest BCUT2D eigenvalue weighted by Crippen LogP contribution is 2.28. The van der Waals surface area contributed by atoms with Crippen molar-refractivity contribution in [1.29, 1.82) is 0 Å². The highest BCUT2D eigenvalue weighted by Gasteiger charge is 2.24. The van der Waals surface area contributed by atoms with Crippen LogP contribution in [0.1, 0.15) is 59.3 Å². The Bertz CT molecular complexity index is 253. The van der Waals surface area contributed by atoms with Gasteiger partial charge in [0.25, 0.3) is 0 Å². The lowest BCUT2D eigenvalue weighted by Gasteiger charge is -2.28. The van der Waals surface area contributed by atoms with Crippen LogP contribution >= 0.6 is 0 Å². The fraction of sp³-hybridized carbons (Fsp3) is 0.933. The maximum Gasteiger partial charge on any atom is 0.220 e. The SMILES string of the molecule is COC1CCCC(CC(=O)NC(C)CC(C)C)C1. The monoisotopic (exact) mass is 255 g/mol. The van der Waals surface area contributed by atoms with Crippen molar-refractivity contribution < 1.29 is 9.53 Å². The van der Waals surface area contributed by atoms with E-state index in [1.807, 2.05) is 0 Å². The third-order valence-electron chi connectivity index (χ3n) is 3.77. The lowest BCUT2D eigenvalue weighted by molar-refractivity contribution is -0.123. The predicted molar refractivity (Wildman–Crippen MR) is 74.4 cm³/mol. The van der Waals surface area contributed by atoms with Gasteiger partial charge in [0.2, 0.25) is 5.91 Å². The van der Waals surface area contributed by atoms with Gasteiger partial charge in [0, 0.05) is 19.6 Å². The van der Waals surface area contributed by atoms with E-state index in [1.165, 1.54) is 12.8 Å². The molecule has 1 aliphatic carbocycles. The molecule has 1 saturated carbocycles. The van der Waals surface area contributed by atoms with Crippen LogP contribution in [0.5, 0.6) is 0 Å². The van der Waals surface area contributed by atoms with Crippen LogP contribution in [0.2, 0.25) is 0 Å². The maximum atomic E-state index is 11.9. The Hall–Kier alpha value is -0.570. The van der Waals surface area contributed by atoms with Gasteiger partial charge < -0.3 is 10.1 Å². The summed E-state index contributed by atoms with van der Waals surface area (Å²) in [6, 6.07) is 0.291. The molecule has 0 aromatic heterocycles. The number of ether oxygens (including phenoxy) is 1. The second-order valence-corrected chi connectivity index (χ2v) is 6.19. The molecular formula is C15H29NO2. The van der Waals surface area contributed by atoms with Crippen molar-refractivity contribution >= 4 is 5.91 Å². The molecule has 0 bridgehead atoms. The molecule has 106 valence electrons. The predicted octanol–water partition coefficient (Wildman–Crippen LogP) is 3.13. The quantitative estimate of drug-likeness (QED) is 0.792. The minimum Gasteiger partial charge on any atom is -0.381 e. The molecule has 0 heterocycles. The van der Waals surface area contributed by atoms with Crippen molar-refractivity contribution in [2.45, 2.75) is 71.4 Å². The molecule has 1 fully saturated rings. The highest BCUT2D eigenvalue weighted by atomic mass is 16.5. The fourth-order valence-electron chi connectivity index (χ4n) is 3.00. The summed E-state index contributed by atoms with van der Waals surface area (Å²) in [6.45, 7) is 6.47. The highest BCUT2D eigenvalue weighted by molar-refractivity contribution is 5.76. The van der Waals surface area contributed by atoms with Crippen LogP contribution in [-0.4, -0.2) is 25.2 Å². The molecule has 0 aliphatic heterocycles. The summed E-state index contributed by atoms with van der Waals surface area (Å²) < 4.78 is 5.40. The van der Waals surface area contributed by atoms with E-state index in [1.54, 1.807) is 7.11 Å². The maximum absolute atomic E-state index is 11.9. The van der Waals surface area contributed by atoms with Crippen molar-refractivity contribution in [3.05, 3.63) is 0 Å². The molecule has 0 spiro atoms. The summed E-state index contributed by atoms with van der Waals surface area (Å²) in [5.41, 5.74) is 0. The summed E-state index contributed by atoms with van der Waals surface area (Å²) in [6.07, 6.45) is 6.65. The van der Waals surface area contributed by atoms with Crippen LogP contribution in [-0.2, 0) is 9.53 Å². The number of hydrogen-bond donors (Lipinski definition) is 1. The molecule has 0 radical (unpaired) electrons. The topological polar surface area (TPSA) is 38.3 Å². The van der Waals surface area contributed by atoms with Crippen molar-refractivity contribution in [2.24, 2.45) is 11.8 Å². The summed E-state index contributed by atoms with van der Waals surface area (Å²) in [7, 11) is 1.78. The zero-order valence-corrected chi connectivity index (χ0v) is 12.4. The molecule has 3 atom stereocenters. The second kappa shape index (κ2) is 7.78. The largest absolute Gasteiger partial charge is 0.381 e. The van der Waals surface area contributed by atoms with Crippen LogP contribution in [0.3, 0.4) is 0 Å². The number of nitrogens with one attached hydrogen (secondary N) is 1. The zero-order valence-electron chi connectivity index (χ0n) is 12.4. The van der Waals surface area contributed by atoms with E-state index in [0.717, 1.165) is 19.3 Å². The van der Waals surface area contributed by atoms with Crippen LogP contribution < -0.4 is 5.32 Å². The van der Waals surface area contributed by atoms with E-state index in [0.29, 0.717) is 30.4 Å². The van der Waals surface area contributed by atoms with Crippen molar-refractivity contribution in [3.63, 3.8) is 0 Å². The molecule has 3 heteroatoms. The number of hydrogen-bond acceptors (Lipinski definition) is 2. The Labute approximate surface area is 112 Å². The third-order valence-corrected chi connectivity index (χ3v) is 3.77. The van der Waals surface area contributed by atoms with Gasteiger partial charge in [0.15, 0.2) is 0 Å². The molecular weight excluding hydrogens is 226 g/mol. The molecule has 3 unspecified atom stereocenters. The molecule has 0 aromatic rings. The summed E-state index contributed by atoms with van der Waals surface area (Å²) in [5, 5.41) is 3.11. The van der Waals surface area contributed by atoms with E-state index in [9.17, 15) is 4.79 Å². The summed E-state index contributed by atoms with van der Waals surface area (Å²) in [4.78, 5) is 11.9. The molecule has 1 N–H and O–H groups in total. The number of carbonyl (C=O) groups is 1. The Morgan fingerprint density at radius 3 is 2.67 bits per heavy atom. The first-order valence-corrected chi connectivity index (χ1v) is 7.33. The van der Waals surface area contributed by atoms with Gasteiger partial charge in [0.1, 0.15) is 0 Å². The zero-order chi connectivity index (χ0) is 13.5. The Balaban J connectivity index is 2.26. The average molecular weight is 255 g/mol. The Morgan fingerprint density at radius 1 is 1.33 bits per heavy atom. The van der Waals surface area contributed by atoms with Gasteiger partial charge in [-0.15, -0.1) is 0 Å². The fourth-order valence-corrected chi connectivity index (χ4v) is 3.00. The number of rotatable bonds is 6. The average Bonchev–Trinajstić information content (AvgIpc) is 2.27. The van der Waals surface area contributed by atoms with E-state index < -0.39 is 0 Å². The van der Waals surface area contributed by atoms with Crippen LogP contribution in [0.4, 0.5) is 0 Å². The van der Waals surface area contributed by atoms with E-state index in [-0.39, 0.29) is 5.91 Å². The summed E-state index contributed by atoms with van der Waals surface area (Å²) in [5.74, 6) is 1.35. The first-order chi connectivity index (χ1) is 8.51. The Kier molecular flexibility index (Phi) is 6.69. The Morgan fingerprint density at radius 2 is 2.06 bits per heavy atom. The lowest BCUT2D eigenvalue weighted by atomic mass is 9.85. The van der Waals surface area contributed by atoms with Gasteiger partial charge in [-0.2, -0.15) is 0 Å². The normalized spacial score (nSPS) is 26.1. The van der Waals surface area contributed by atoms with Crippen LogP contribution in [0.15, 0.2) is 0 Å². The molecule has 1 amide bonds. The standard InChI is InChI=1S/C15H29NO2/c1-11(2)8-12(3)16-15(17)10-13-6-5-7-14(9-13)18-4/h11-14H,5-10H2,1-4H3,(H,16,17). The third kappa shape index (κ3) is 5.85. The van der Waals surface area contributed by atoms with Crippen LogP contribution in [0, 0.1) is 11.8 Å². The van der Waals surface area contributed by atoms with E-state index >= 15 is 0 Å². The van der Waals surface area contributed by atoms with Crippen molar-refractivity contribution in [3.8, 4) is 0 Å². The molecule has 0 saturated heterocycles. The minimum atomic E-state index is 0.213. The van der Waals surface area contributed by atoms with Gasteiger partial charge in [0.05, 0.1) is 6.10 Å². The van der Waals surface area contributed by atoms with Crippen molar-refractivity contribution in [2.75, 3.05) is 7.11 Å². The first kappa shape index (κ1) is 15.5. The molecule has 3 nitrogen and oxygen atoms in total. The van der Waals surface area contributed by atoms with Gasteiger partial charge in [-0.3, -0.25) is 4.79 Å². The van der Waals surface area contributed by atoms with Crippen LogP contribution in [0.25, 0.3) is 0 Å². The number of carbonyl (C=O) groups excluding carboxylic acids is 1. The minimum absolute atomic E-state index is 0.213. The van der Waals surface area contributed by atoms with E-state index in [4.69, 9.17) is 4.74 Å². The van der Waals surface area contributed by atoms with Gasteiger partial charge in [-0.1, -0.05) is 20.3 Å². The van der Waals surface area contributed by atoms with Crippen molar-refractivity contribution in [1.82, 2.24) is 5.32 Å². The number of methoxy groups -OCH3 is 1. The smallest absolute Gasteiger partial charge is 0.220 e. The first-order valence-electron chi connectivity index (χ1n) is 7.33. The molecule has 1 rings (SSSR count). The molecule has 0 aromatic carbocycles. The summed E-state index contributed by atoms with van der Waals surface area (Å²) >= 11 is 0. The molecule has 1 aliphatic rings. The second-order valence-electron chi connectivity index (χ2n) is 6.19. The lowest BCUT2D eigenvalue weighted by Crippen LogP contribution is -2.35. The molecule has 18 heavy (non-hydrogen) atoms. The van der Waals surface area contributed by atoms with Gasteiger partial charge in [-0.25, -0.2) is 0 Å². The van der Waals surface area contributed by atoms with E-state index in [2.05, 4.69) is 26.1 Å². The number of amides is 1.